The second-order valence-corrected chi connectivity index (χ2v) is 11.8. The van der Waals surface area contributed by atoms with E-state index in [1.165, 1.54) is 0 Å². The van der Waals surface area contributed by atoms with Crippen LogP contribution in [0.3, 0.4) is 0 Å². The summed E-state index contributed by atoms with van der Waals surface area (Å²) < 4.78 is 6.22. The van der Waals surface area contributed by atoms with E-state index in [2.05, 4.69) is 49.9 Å². The third kappa shape index (κ3) is 5.38. The summed E-state index contributed by atoms with van der Waals surface area (Å²) in [6, 6.07) is 14.0. The number of aromatic amines is 1. The first-order valence-corrected chi connectivity index (χ1v) is 14.8. The second-order valence-electron chi connectivity index (χ2n) is 10.6. The van der Waals surface area contributed by atoms with Crippen molar-refractivity contribution < 1.29 is 9.53 Å². The Morgan fingerprint density at radius 1 is 1.13 bits per heavy atom. The average Bonchev–Trinajstić information content (AvgIpc) is 3.70. The van der Waals surface area contributed by atoms with Gasteiger partial charge in [-0.15, -0.1) is 0 Å². The number of ether oxygens (including phenoxy) is 1. The van der Waals surface area contributed by atoms with E-state index in [0.29, 0.717) is 11.4 Å². The second kappa shape index (κ2) is 11.2. The number of nitrogens with zero attached hydrogens (tertiary/aromatic N) is 3. The van der Waals surface area contributed by atoms with Gasteiger partial charge >= 0.3 is 0 Å². The minimum atomic E-state index is -0.167. The van der Waals surface area contributed by atoms with E-state index in [4.69, 9.17) is 16.3 Å². The molecule has 2 aliphatic heterocycles. The highest BCUT2D eigenvalue weighted by molar-refractivity contribution is 7.08. The number of carbonyl (C=O) groups is 1. The van der Waals surface area contributed by atoms with E-state index < -0.39 is 0 Å². The molecule has 8 heteroatoms. The van der Waals surface area contributed by atoms with Gasteiger partial charge in [0.05, 0.1) is 22.3 Å². The highest BCUT2D eigenvalue weighted by Crippen LogP contribution is 2.35. The van der Waals surface area contributed by atoms with Crippen molar-refractivity contribution in [2.45, 2.75) is 44.2 Å². The molecule has 4 aromatic rings. The van der Waals surface area contributed by atoms with Gasteiger partial charge in [0.2, 0.25) is 0 Å². The summed E-state index contributed by atoms with van der Waals surface area (Å²) in [4.78, 5) is 18.3. The van der Waals surface area contributed by atoms with Gasteiger partial charge in [0, 0.05) is 30.5 Å². The quantitative estimate of drug-likeness (QED) is 0.277. The Morgan fingerprint density at radius 2 is 1.95 bits per heavy atom. The number of piperidine rings is 1. The highest BCUT2D eigenvalue weighted by Gasteiger charge is 2.30. The van der Waals surface area contributed by atoms with Crippen molar-refractivity contribution in [3.63, 3.8) is 0 Å². The number of H-pyrrole nitrogens is 1. The molecule has 198 valence electrons. The lowest BCUT2D eigenvalue weighted by atomic mass is 9.97. The predicted octanol–water partition coefficient (Wildman–Crippen LogP) is 6.37. The summed E-state index contributed by atoms with van der Waals surface area (Å²) in [6.07, 6.45) is 4.91. The van der Waals surface area contributed by atoms with Gasteiger partial charge in [0.25, 0.3) is 0 Å². The molecule has 0 saturated carbocycles. The topological polar surface area (TPSA) is 61.5 Å². The van der Waals surface area contributed by atoms with Crippen molar-refractivity contribution in [2.75, 3.05) is 33.2 Å². The van der Waals surface area contributed by atoms with Crippen molar-refractivity contribution in [1.82, 2.24) is 20.0 Å². The number of Topliss-reactive ketones (excluding diaryl/α,β-unsaturated/α-hetero) is 1. The number of hydrogen-bond acceptors (Lipinski definition) is 6. The molecule has 2 saturated heterocycles. The van der Waals surface area contributed by atoms with E-state index in [-0.39, 0.29) is 17.9 Å². The van der Waals surface area contributed by atoms with Crippen molar-refractivity contribution in [3.05, 3.63) is 69.4 Å². The molecule has 2 aromatic heterocycles. The smallest absolute Gasteiger partial charge is 0.158 e. The molecule has 0 spiro atoms. The van der Waals surface area contributed by atoms with Gasteiger partial charge in [-0.3, -0.25) is 14.8 Å². The Kier molecular flexibility index (Phi) is 7.52. The molecule has 2 aromatic carbocycles. The summed E-state index contributed by atoms with van der Waals surface area (Å²) in [5.41, 5.74) is 4.81. The molecule has 0 bridgehead atoms. The lowest BCUT2D eigenvalue weighted by molar-refractivity contribution is -0.123. The number of ketones is 1. The fraction of sp³-hybridized carbons (Fsp3) is 0.400. The molecule has 1 N–H and O–H groups in total. The van der Waals surface area contributed by atoms with Gasteiger partial charge < -0.3 is 9.64 Å². The molecule has 38 heavy (non-hydrogen) atoms. The first-order valence-electron chi connectivity index (χ1n) is 13.5. The Labute approximate surface area is 232 Å². The standard InChI is InChI=1S/C30H33ClN4O2S/c1-34-13-8-23(9-14-34)37-28-7-5-21(18-25(28)31)29-24-16-20(4-6-26(24)32-33-29)17-27(36)30(22-10-15-38-19-22)35-11-2-3-12-35/h4-7,10,15-16,18-19,23,30H,2-3,8-9,11-14,17H2,1H3,(H,32,33). The van der Waals surface area contributed by atoms with E-state index >= 15 is 0 Å². The van der Waals surface area contributed by atoms with E-state index in [1.807, 2.05) is 30.3 Å². The fourth-order valence-corrected chi connectivity index (χ4v) is 6.65. The number of carbonyl (C=O) groups excluding carboxylic acids is 1. The molecule has 1 unspecified atom stereocenters. The van der Waals surface area contributed by atoms with Crippen LogP contribution >= 0.6 is 22.9 Å². The zero-order valence-electron chi connectivity index (χ0n) is 21.7. The number of hydrogen-bond donors (Lipinski definition) is 1. The Bertz CT molecular complexity index is 1410. The third-order valence-corrected chi connectivity index (χ3v) is 8.84. The molecule has 6 nitrogen and oxygen atoms in total. The number of fused-ring (bicyclic) bond motifs is 1. The maximum absolute atomic E-state index is 13.6. The van der Waals surface area contributed by atoms with E-state index in [0.717, 1.165) is 90.9 Å². The highest BCUT2D eigenvalue weighted by atomic mass is 35.5. The predicted molar refractivity (Wildman–Crippen MR) is 154 cm³/mol. The van der Waals surface area contributed by atoms with Crippen LogP contribution in [0.15, 0.2) is 53.2 Å². The summed E-state index contributed by atoms with van der Waals surface area (Å²) in [5.74, 6) is 0.964. The van der Waals surface area contributed by atoms with Crippen LogP contribution < -0.4 is 4.74 Å². The molecule has 2 fully saturated rings. The van der Waals surface area contributed by atoms with Crippen LogP contribution in [0, 0.1) is 0 Å². The third-order valence-electron chi connectivity index (χ3n) is 7.84. The fourth-order valence-electron chi connectivity index (χ4n) is 5.75. The summed E-state index contributed by atoms with van der Waals surface area (Å²) >= 11 is 8.32. The number of rotatable bonds is 8. The van der Waals surface area contributed by atoms with Crippen LogP contribution in [-0.2, 0) is 11.2 Å². The van der Waals surface area contributed by atoms with Crippen LogP contribution in [-0.4, -0.2) is 65.1 Å². The normalized spacial score (nSPS) is 18.3. The number of aromatic nitrogens is 2. The lowest BCUT2D eigenvalue weighted by Gasteiger charge is -2.29. The molecule has 0 amide bonds. The van der Waals surface area contributed by atoms with Gasteiger partial charge in [0.15, 0.2) is 5.78 Å². The average molecular weight is 549 g/mol. The summed E-state index contributed by atoms with van der Waals surface area (Å²) in [7, 11) is 2.14. The first-order chi connectivity index (χ1) is 18.5. The largest absolute Gasteiger partial charge is 0.489 e. The number of nitrogens with one attached hydrogen (secondary N) is 1. The van der Waals surface area contributed by atoms with E-state index in [1.54, 1.807) is 11.3 Å². The molecular weight excluding hydrogens is 516 g/mol. The van der Waals surface area contributed by atoms with Crippen LogP contribution in [0.2, 0.25) is 5.02 Å². The van der Waals surface area contributed by atoms with Crippen LogP contribution in [0.4, 0.5) is 0 Å². The zero-order chi connectivity index (χ0) is 26.1. The maximum atomic E-state index is 13.6. The summed E-state index contributed by atoms with van der Waals surface area (Å²) in [5, 5.41) is 13.5. The lowest BCUT2D eigenvalue weighted by Crippen LogP contribution is -2.35. The zero-order valence-corrected chi connectivity index (χ0v) is 23.2. The van der Waals surface area contributed by atoms with Crippen LogP contribution in [0.25, 0.3) is 22.2 Å². The van der Waals surface area contributed by atoms with Crippen molar-refractivity contribution in [3.8, 4) is 17.0 Å². The van der Waals surface area contributed by atoms with Crippen LogP contribution in [0.1, 0.15) is 42.9 Å². The summed E-state index contributed by atoms with van der Waals surface area (Å²) in [6.45, 7) is 4.04. The molecule has 0 radical (unpaired) electrons. The van der Waals surface area contributed by atoms with E-state index in [9.17, 15) is 4.79 Å². The van der Waals surface area contributed by atoms with Gasteiger partial charge in [-0.1, -0.05) is 17.7 Å². The molecule has 1 atom stereocenters. The first kappa shape index (κ1) is 25.6. The van der Waals surface area contributed by atoms with Gasteiger partial charge in [-0.05, 0) is 104 Å². The molecule has 6 rings (SSSR count). The Morgan fingerprint density at radius 3 is 2.68 bits per heavy atom. The number of thiophene rings is 1. The SMILES string of the molecule is CN1CCC(Oc2ccc(-c3n[nH]c4ccc(CC(=O)C(c5ccsc5)N5CCCC5)cc34)cc2Cl)CC1. The van der Waals surface area contributed by atoms with Gasteiger partial charge in [-0.2, -0.15) is 16.4 Å². The molecule has 2 aliphatic rings. The van der Waals surface area contributed by atoms with Gasteiger partial charge in [-0.25, -0.2) is 0 Å². The minimum absolute atomic E-state index is 0.167. The molecule has 0 aliphatic carbocycles. The van der Waals surface area contributed by atoms with Crippen molar-refractivity contribution in [1.29, 1.82) is 0 Å². The van der Waals surface area contributed by atoms with Gasteiger partial charge in [0.1, 0.15) is 11.9 Å². The Balaban J connectivity index is 1.22. The number of benzene rings is 2. The van der Waals surface area contributed by atoms with Crippen molar-refractivity contribution in [2.24, 2.45) is 0 Å². The van der Waals surface area contributed by atoms with Crippen molar-refractivity contribution >= 4 is 39.6 Å². The maximum Gasteiger partial charge on any atom is 0.158 e. The van der Waals surface area contributed by atoms with Crippen LogP contribution in [0.5, 0.6) is 5.75 Å². The minimum Gasteiger partial charge on any atom is -0.489 e. The Hall–Kier alpha value is -2.71. The monoisotopic (exact) mass is 548 g/mol. The molecule has 4 heterocycles. The number of likely N-dealkylation sites (tertiary alicyclic amines) is 2. The number of halogens is 1. The molecular formula is C30H33ClN4O2S.